The molecular formula is C51H72N2O9. The van der Waals surface area contributed by atoms with E-state index in [4.69, 9.17) is 9.47 Å². The van der Waals surface area contributed by atoms with E-state index in [1.165, 1.54) is 0 Å². The summed E-state index contributed by atoms with van der Waals surface area (Å²) in [7, 11) is 0. The van der Waals surface area contributed by atoms with E-state index in [9.17, 15) is 34.8 Å². The van der Waals surface area contributed by atoms with Gasteiger partial charge in [-0.2, -0.15) is 0 Å². The van der Waals surface area contributed by atoms with Gasteiger partial charge in [-0.3, -0.25) is 9.59 Å². The Morgan fingerprint density at radius 2 is 1.05 bits per heavy atom. The van der Waals surface area contributed by atoms with Gasteiger partial charge in [0.2, 0.25) is 11.8 Å². The highest BCUT2D eigenvalue weighted by atomic mass is 16.7. The minimum absolute atomic E-state index is 0.0227. The molecule has 2 aliphatic carbocycles. The Morgan fingerprint density at radius 1 is 0.645 bits per heavy atom. The number of rotatable bonds is 26. The van der Waals surface area contributed by atoms with Crippen LogP contribution in [0.2, 0.25) is 0 Å². The van der Waals surface area contributed by atoms with Crippen LogP contribution in [-0.4, -0.2) is 88.1 Å². The van der Waals surface area contributed by atoms with Crippen molar-refractivity contribution in [1.82, 2.24) is 10.6 Å². The quantitative estimate of drug-likeness (QED) is 0.0319. The number of benzene rings is 2. The second-order valence-electron chi connectivity index (χ2n) is 16.7. The van der Waals surface area contributed by atoms with Crippen LogP contribution in [0.25, 0.3) is 0 Å². The molecule has 0 bridgehead atoms. The third-order valence-corrected chi connectivity index (χ3v) is 12.0. The highest BCUT2D eigenvalue weighted by Crippen LogP contribution is 2.41. The Hall–Kier alpha value is -4.55. The zero-order valence-corrected chi connectivity index (χ0v) is 36.8. The molecule has 0 saturated heterocycles. The fourth-order valence-corrected chi connectivity index (χ4v) is 8.59. The summed E-state index contributed by atoms with van der Waals surface area (Å²) in [6, 6.07) is 19.9. The Morgan fingerprint density at radius 3 is 1.44 bits per heavy atom. The van der Waals surface area contributed by atoms with E-state index in [-0.39, 0.29) is 36.5 Å². The smallest absolute Gasteiger partial charge is 0.430 e. The van der Waals surface area contributed by atoms with Gasteiger partial charge in [0.15, 0.2) is 0 Å². The van der Waals surface area contributed by atoms with E-state index < -0.39 is 54.6 Å². The maximum Gasteiger partial charge on any atom is 0.508 e. The molecule has 2 saturated carbocycles. The van der Waals surface area contributed by atoms with Crippen molar-refractivity contribution in [3.8, 4) is 0 Å². The number of carbonyl (C=O) groups is 3. The number of aliphatic hydroxyl groups is 4. The number of carbonyl (C=O) groups excluding carboxylic acids is 3. The summed E-state index contributed by atoms with van der Waals surface area (Å²) in [6.07, 6.45) is 17.4. The number of hydrogen-bond acceptors (Lipinski definition) is 9. The highest BCUT2D eigenvalue weighted by Gasteiger charge is 2.46. The number of amides is 2. The van der Waals surface area contributed by atoms with Crippen LogP contribution in [0, 0.1) is 23.7 Å². The predicted octanol–water partition coefficient (Wildman–Crippen LogP) is 7.48. The normalized spacial score (nSPS) is 24.9. The van der Waals surface area contributed by atoms with Gasteiger partial charge in [-0.05, 0) is 101 Å². The summed E-state index contributed by atoms with van der Waals surface area (Å²) >= 11 is 0. The number of nitrogens with one attached hydrogen (secondary N) is 2. The van der Waals surface area contributed by atoms with Crippen molar-refractivity contribution in [3.05, 3.63) is 120 Å². The molecule has 11 nitrogen and oxygen atoms in total. The zero-order valence-electron chi connectivity index (χ0n) is 36.8. The topological polar surface area (TPSA) is 175 Å². The van der Waals surface area contributed by atoms with Crippen molar-refractivity contribution in [3.63, 3.8) is 0 Å². The van der Waals surface area contributed by atoms with E-state index in [1.54, 1.807) is 12.2 Å². The lowest BCUT2D eigenvalue weighted by atomic mass is 9.89. The van der Waals surface area contributed by atoms with E-state index in [1.807, 2.05) is 111 Å². The van der Waals surface area contributed by atoms with Gasteiger partial charge in [-0.1, -0.05) is 109 Å². The number of unbranched alkanes of at least 4 members (excludes halogenated alkanes) is 2. The average Bonchev–Trinajstić information content (AvgIpc) is 3.72. The highest BCUT2D eigenvalue weighted by molar-refractivity contribution is 5.76. The molecule has 2 aromatic carbocycles. The maximum absolute atomic E-state index is 13.7. The Bertz CT molecular complexity index is 1590. The van der Waals surface area contributed by atoms with Crippen molar-refractivity contribution >= 4 is 18.0 Å². The molecule has 62 heavy (non-hydrogen) atoms. The molecule has 10 atom stereocenters. The van der Waals surface area contributed by atoms with E-state index in [0.717, 1.165) is 11.1 Å². The lowest BCUT2D eigenvalue weighted by Gasteiger charge is -2.25. The van der Waals surface area contributed by atoms with Crippen LogP contribution in [0.3, 0.4) is 0 Å². The van der Waals surface area contributed by atoms with Crippen LogP contribution in [0.4, 0.5) is 4.79 Å². The second-order valence-corrected chi connectivity index (χ2v) is 16.7. The first kappa shape index (κ1) is 50.1. The van der Waals surface area contributed by atoms with Crippen LogP contribution < -0.4 is 10.6 Å². The third kappa shape index (κ3) is 18.0. The molecule has 0 radical (unpaired) electrons. The van der Waals surface area contributed by atoms with Crippen molar-refractivity contribution in [2.45, 2.75) is 140 Å². The monoisotopic (exact) mass is 857 g/mol. The molecule has 0 heterocycles. The van der Waals surface area contributed by atoms with Gasteiger partial charge < -0.3 is 40.5 Å². The molecule has 0 spiro atoms. The average molecular weight is 857 g/mol. The lowest BCUT2D eigenvalue weighted by molar-refractivity contribution is -0.121. The number of aliphatic hydroxyl groups excluding tert-OH is 4. The number of ether oxygens (including phenoxy) is 2. The van der Waals surface area contributed by atoms with Gasteiger partial charge in [-0.15, -0.1) is 0 Å². The van der Waals surface area contributed by atoms with Crippen LogP contribution in [0.15, 0.2) is 109 Å². The standard InChI is InChI=1S/C51H72N2O9/c1-3-52-49(58)25-17-7-5-15-23-41-43(33-31-39(54)29-27-37-19-11-9-12-20-37)47(35-45(41)56)61-51(60)62-48-36-46(57)42(24-16-6-8-18-26-50(59)53-4-2)44(48)34-32-40(55)30-28-38-21-13-10-14-22-38/h5-6,9-16,19-22,31-34,39-48,54-57H,3-4,7-8,17-18,23-30,35-36H2,1-2H3,(H,52,58)(H,53,59)/b15-5-,16-6-,33-31+,34-32+/t39-,40-,41+,42+,43+,44+,45?,46?,47?,48?/m0/s1. The molecule has 6 N–H and O–H groups in total. The molecule has 2 amide bonds. The summed E-state index contributed by atoms with van der Waals surface area (Å²) in [5.74, 6) is -1.34. The summed E-state index contributed by atoms with van der Waals surface area (Å²) in [5, 5.41) is 50.1. The molecule has 0 aromatic heterocycles. The summed E-state index contributed by atoms with van der Waals surface area (Å²) < 4.78 is 12.0. The first-order valence-electron chi connectivity index (χ1n) is 22.9. The fraction of sp³-hybridized carbons (Fsp3) is 0.549. The molecule has 340 valence electrons. The Kier molecular flexibility index (Phi) is 22.8. The predicted molar refractivity (Wildman–Crippen MR) is 243 cm³/mol. The number of aryl methyl sites for hydroxylation is 2. The molecule has 11 heteroatoms. The van der Waals surface area contributed by atoms with Crippen LogP contribution in [-0.2, 0) is 31.9 Å². The first-order valence-corrected chi connectivity index (χ1v) is 22.9. The molecule has 2 fully saturated rings. The van der Waals surface area contributed by atoms with Gasteiger partial charge in [0, 0.05) is 50.6 Å². The van der Waals surface area contributed by atoms with Crippen molar-refractivity contribution in [2.24, 2.45) is 23.7 Å². The van der Waals surface area contributed by atoms with Gasteiger partial charge in [0.1, 0.15) is 12.2 Å². The third-order valence-electron chi connectivity index (χ3n) is 12.0. The van der Waals surface area contributed by atoms with E-state index >= 15 is 0 Å². The van der Waals surface area contributed by atoms with Crippen LogP contribution in [0.5, 0.6) is 0 Å². The lowest BCUT2D eigenvalue weighted by Crippen LogP contribution is -2.29. The van der Waals surface area contributed by atoms with Crippen LogP contribution >= 0.6 is 0 Å². The molecular weight excluding hydrogens is 785 g/mol. The van der Waals surface area contributed by atoms with Crippen molar-refractivity contribution in [2.75, 3.05) is 13.1 Å². The summed E-state index contributed by atoms with van der Waals surface area (Å²) in [6.45, 7) is 4.98. The van der Waals surface area contributed by atoms with Gasteiger partial charge in [-0.25, -0.2) is 4.79 Å². The summed E-state index contributed by atoms with van der Waals surface area (Å²) in [5.41, 5.74) is 2.24. The van der Waals surface area contributed by atoms with Crippen LogP contribution in [0.1, 0.15) is 102 Å². The fourth-order valence-electron chi connectivity index (χ4n) is 8.59. The van der Waals surface area contributed by atoms with Gasteiger partial charge >= 0.3 is 6.16 Å². The second kappa shape index (κ2) is 28.2. The zero-order chi connectivity index (χ0) is 44.5. The molecule has 2 aromatic rings. The number of hydrogen-bond donors (Lipinski definition) is 6. The Labute approximate surface area is 369 Å². The van der Waals surface area contributed by atoms with E-state index in [2.05, 4.69) is 10.6 Å². The summed E-state index contributed by atoms with van der Waals surface area (Å²) in [4.78, 5) is 37.4. The SMILES string of the molecule is CCNC(=O)CCC/C=C\C[C@H]1C(O)CC(OC(=O)OC2CC(O)[C@H](C/C=C\CCCC(=O)NCC)[C@H]2/C=C/[C@@H](O)CCc2ccccc2)[C@@H]1/C=C/[C@@H](O)CCc1ccccc1. The Balaban J connectivity index is 1.44. The number of allylic oxidation sites excluding steroid dienone is 4. The molecule has 4 rings (SSSR count). The first-order chi connectivity index (χ1) is 30.1. The van der Waals surface area contributed by atoms with E-state index in [0.29, 0.717) is 90.1 Å². The molecule has 0 aliphatic heterocycles. The maximum atomic E-state index is 13.7. The van der Waals surface area contributed by atoms with Crippen molar-refractivity contribution in [1.29, 1.82) is 0 Å². The largest absolute Gasteiger partial charge is 0.508 e. The molecule has 4 unspecified atom stereocenters. The minimum atomic E-state index is -0.895. The van der Waals surface area contributed by atoms with Gasteiger partial charge in [0.25, 0.3) is 0 Å². The van der Waals surface area contributed by atoms with Gasteiger partial charge in [0.05, 0.1) is 24.4 Å². The van der Waals surface area contributed by atoms with Crippen molar-refractivity contribution < 1.29 is 44.3 Å². The molecule has 2 aliphatic rings. The minimum Gasteiger partial charge on any atom is -0.430 e.